The number of hydrogen-bond donors (Lipinski definition) is 1. The van der Waals surface area contributed by atoms with Gasteiger partial charge in [0, 0.05) is 21.9 Å². The minimum absolute atomic E-state index is 0.00905. The van der Waals surface area contributed by atoms with Gasteiger partial charge >= 0.3 is 5.97 Å². The van der Waals surface area contributed by atoms with Crippen LogP contribution in [0.2, 0.25) is 0 Å². The topological polar surface area (TPSA) is 80.4 Å². The maximum absolute atomic E-state index is 11.1. The van der Waals surface area contributed by atoms with Gasteiger partial charge in [0.1, 0.15) is 5.25 Å². The quantitative estimate of drug-likeness (QED) is 0.626. The third-order valence-corrected chi connectivity index (χ3v) is 4.59. The van der Waals surface area contributed by atoms with Gasteiger partial charge in [-0.05, 0) is 12.0 Å². The Bertz CT molecular complexity index is 493. The molecule has 19 heavy (non-hydrogen) atoms. The second-order valence-electron chi connectivity index (χ2n) is 4.34. The van der Waals surface area contributed by atoms with E-state index < -0.39 is 16.1 Å². The number of hydrogen-bond acceptors (Lipinski definition) is 4. The number of benzene rings is 1. The van der Waals surface area contributed by atoms with Crippen LogP contribution in [0.25, 0.3) is 0 Å². The summed E-state index contributed by atoms with van der Waals surface area (Å²) in [6.45, 7) is 3.64. The largest absolute Gasteiger partial charge is 0.480 e. The van der Waals surface area contributed by atoms with E-state index in [1.54, 1.807) is 12.1 Å². The number of carboxylic acids is 1. The number of thioether (sulfide) groups is 1. The lowest BCUT2D eigenvalue weighted by molar-refractivity contribution is -0.385. The summed E-state index contributed by atoms with van der Waals surface area (Å²) >= 11 is 4.39. The van der Waals surface area contributed by atoms with Gasteiger partial charge in [0.05, 0.1) is 4.92 Å². The Morgan fingerprint density at radius 3 is 2.63 bits per heavy atom. The van der Waals surface area contributed by atoms with Gasteiger partial charge in [-0.25, -0.2) is 0 Å². The van der Waals surface area contributed by atoms with Crippen molar-refractivity contribution in [3.8, 4) is 0 Å². The molecule has 0 saturated carbocycles. The van der Waals surface area contributed by atoms with Gasteiger partial charge in [0.15, 0.2) is 0 Å². The van der Waals surface area contributed by atoms with Crippen LogP contribution < -0.4 is 0 Å². The van der Waals surface area contributed by atoms with Crippen LogP contribution in [0, 0.1) is 16.0 Å². The van der Waals surface area contributed by atoms with Crippen molar-refractivity contribution in [2.75, 3.05) is 0 Å². The molecule has 0 saturated heterocycles. The van der Waals surface area contributed by atoms with Crippen LogP contribution in [0.15, 0.2) is 22.7 Å². The zero-order valence-corrected chi connectivity index (χ0v) is 12.9. The highest BCUT2D eigenvalue weighted by molar-refractivity contribution is 9.10. The van der Waals surface area contributed by atoms with Crippen molar-refractivity contribution in [1.82, 2.24) is 0 Å². The molecule has 0 aliphatic carbocycles. The molecule has 0 radical (unpaired) electrons. The van der Waals surface area contributed by atoms with E-state index >= 15 is 0 Å². The molecule has 1 N–H and O–H groups in total. The average Bonchev–Trinajstić information content (AvgIpc) is 2.29. The fraction of sp³-hybridized carbons (Fsp3) is 0.417. The van der Waals surface area contributed by atoms with E-state index in [0.717, 1.165) is 0 Å². The number of carbonyl (C=O) groups is 1. The second kappa shape index (κ2) is 6.91. The summed E-state index contributed by atoms with van der Waals surface area (Å²) in [5, 5.41) is 19.5. The van der Waals surface area contributed by atoms with E-state index in [1.807, 2.05) is 13.8 Å². The SMILES string of the molecule is CC(C)C(SCc1ccc(Br)cc1[N+](=O)[O-])C(=O)O. The maximum Gasteiger partial charge on any atom is 0.316 e. The lowest BCUT2D eigenvalue weighted by Gasteiger charge is -2.15. The molecule has 1 aromatic carbocycles. The van der Waals surface area contributed by atoms with E-state index in [-0.39, 0.29) is 11.6 Å². The third-order valence-electron chi connectivity index (χ3n) is 2.51. The molecule has 104 valence electrons. The van der Waals surface area contributed by atoms with Crippen LogP contribution in [-0.2, 0) is 10.5 Å². The van der Waals surface area contributed by atoms with Gasteiger partial charge < -0.3 is 5.11 Å². The maximum atomic E-state index is 11.1. The summed E-state index contributed by atoms with van der Waals surface area (Å²) in [4.78, 5) is 21.6. The molecule has 7 heteroatoms. The summed E-state index contributed by atoms with van der Waals surface area (Å²) in [7, 11) is 0. The van der Waals surface area contributed by atoms with Crippen molar-refractivity contribution in [1.29, 1.82) is 0 Å². The molecule has 0 fully saturated rings. The van der Waals surface area contributed by atoms with Gasteiger partial charge in [-0.15, -0.1) is 11.8 Å². The van der Waals surface area contributed by atoms with E-state index in [9.17, 15) is 14.9 Å². The van der Waals surface area contributed by atoms with Crippen LogP contribution >= 0.6 is 27.7 Å². The standard InChI is InChI=1S/C12H14BrNO4S/c1-7(2)11(12(15)16)19-6-8-3-4-9(13)5-10(8)14(17)18/h3-5,7,11H,6H2,1-2H3,(H,15,16). The highest BCUT2D eigenvalue weighted by Gasteiger charge is 2.23. The monoisotopic (exact) mass is 347 g/mol. The van der Waals surface area contributed by atoms with Crippen LogP contribution in [-0.4, -0.2) is 21.2 Å². The van der Waals surface area contributed by atoms with Gasteiger partial charge in [-0.2, -0.15) is 0 Å². The zero-order chi connectivity index (χ0) is 14.6. The molecule has 5 nitrogen and oxygen atoms in total. The average molecular weight is 348 g/mol. The molecule has 1 unspecified atom stereocenters. The van der Waals surface area contributed by atoms with Crippen molar-refractivity contribution in [3.05, 3.63) is 38.3 Å². The highest BCUT2D eigenvalue weighted by Crippen LogP contribution is 2.30. The summed E-state index contributed by atoms with van der Waals surface area (Å²) in [6.07, 6.45) is 0. The summed E-state index contributed by atoms with van der Waals surface area (Å²) < 4.78 is 0.631. The first kappa shape index (κ1) is 16.0. The Labute approximate surface area is 123 Å². The molecule has 0 bridgehead atoms. The number of rotatable bonds is 6. The van der Waals surface area contributed by atoms with E-state index in [2.05, 4.69) is 15.9 Å². The van der Waals surface area contributed by atoms with E-state index in [1.165, 1.54) is 17.8 Å². The van der Waals surface area contributed by atoms with Crippen molar-refractivity contribution < 1.29 is 14.8 Å². The minimum atomic E-state index is -0.889. The molecular formula is C12H14BrNO4S. The molecule has 0 heterocycles. The van der Waals surface area contributed by atoms with Crippen LogP contribution in [0.3, 0.4) is 0 Å². The molecule has 0 spiro atoms. The zero-order valence-electron chi connectivity index (χ0n) is 10.5. The fourth-order valence-electron chi connectivity index (χ4n) is 1.56. The molecule has 1 atom stereocenters. The molecule has 0 aliphatic heterocycles. The Hall–Kier alpha value is -1.08. The summed E-state index contributed by atoms with van der Waals surface area (Å²) in [6, 6.07) is 4.80. The predicted molar refractivity (Wildman–Crippen MR) is 78.4 cm³/mol. The molecule has 0 aliphatic rings. The van der Waals surface area contributed by atoms with Crippen LogP contribution in [0.1, 0.15) is 19.4 Å². The normalized spacial score (nSPS) is 12.4. The van der Waals surface area contributed by atoms with Gasteiger partial charge in [0.25, 0.3) is 5.69 Å². The first-order valence-electron chi connectivity index (χ1n) is 5.60. The van der Waals surface area contributed by atoms with Crippen molar-refractivity contribution in [2.24, 2.45) is 5.92 Å². The first-order valence-corrected chi connectivity index (χ1v) is 7.44. The Morgan fingerprint density at radius 1 is 1.53 bits per heavy atom. The molecule has 1 rings (SSSR count). The second-order valence-corrected chi connectivity index (χ2v) is 6.39. The summed E-state index contributed by atoms with van der Waals surface area (Å²) in [5.74, 6) is -0.615. The number of carboxylic acid groups (broad SMARTS) is 1. The predicted octanol–water partition coefficient (Wildman–Crippen LogP) is 3.70. The number of nitro benzene ring substituents is 1. The number of halogens is 1. The molecule has 1 aromatic rings. The van der Waals surface area contributed by atoms with E-state index in [0.29, 0.717) is 15.8 Å². The Morgan fingerprint density at radius 2 is 2.16 bits per heavy atom. The molecular weight excluding hydrogens is 334 g/mol. The number of nitrogens with zero attached hydrogens (tertiary/aromatic N) is 1. The Kier molecular flexibility index (Phi) is 5.81. The minimum Gasteiger partial charge on any atom is -0.480 e. The third kappa shape index (κ3) is 4.50. The van der Waals surface area contributed by atoms with Crippen molar-refractivity contribution >= 4 is 39.3 Å². The number of aliphatic carboxylic acids is 1. The van der Waals surface area contributed by atoms with Crippen LogP contribution in [0.5, 0.6) is 0 Å². The molecule has 0 amide bonds. The van der Waals surface area contributed by atoms with Crippen molar-refractivity contribution in [3.63, 3.8) is 0 Å². The molecule has 0 aromatic heterocycles. The Balaban J connectivity index is 2.88. The van der Waals surface area contributed by atoms with Crippen LogP contribution in [0.4, 0.5) is 5.69 Å². The smallest absolute Gasteiger partial charge is 0.316 e. The van der Waals surface area contributed by atoms with Gasteiger partial charge in [-0.1, -0.05) is 35.8 Å². The lowest BCUT2D eigenvalue weighted by Crippen LogP contribution is -2.22. The first-order chi connectivity index (χ1) is 8.82. The van der Waals surface area contributed by atoms with Gasteiger partial charge in [0.2, 0.25) is 0 Å². The fourth-order valence-corrected chi connectivity index (χ4v) is 3.04. The number of nitro groups is 1. The highest BCUT2D eigenvalue weighted by atomic mass is 79.9. The van der Waals surface area contributed by atoms with Gasteiger partial charge in [-0.3, -0.25) is 14.9 Å². The van der Waals surface area contributed by atoms with Crippen molar-refractivity contribution in [2.45, 2.75) is 24.9 Å². The summed E-state index contributed by atoms with van der Waals surface area (Å²) in [5.41, 5.74) is 0.542. The van der Waals surface area contributed by atoms with E-state index in [4.69, 9.17) is 5.11 Å². The lowest BCUT2D eigenvalue weighted by atomic mass is 10.1.